The summed E-state index contributed by atoms with van der Waals surface area (Å²) in [6.07, 6.45) is 5.19. The topological polar surface area (TPSA) is 140 Å². The molecule has 0 saturated carbocycles. The van der Waals surface area contributed by atoms with Crippen molar-refractivity contribution in [2.24, 2.45) is 0 Å². The van der Waals surface area contributed by atoms with Gasteiger partial charge in [0.1, 0.15) is 5.00 Å². The van der Waals surface area contributed by atoms with Gasteiger partial charge in [0.25, 0.3) is 11.8 Å². The lowest BCUT2D eigenvalue weighted by atomic mass is 9.95. The van der Waals surface area contributed by atoms with Gasteiger partial charge < -0.3 is 30.7 Å². The lowest BCUT2D eigenvalue weighted by molar-refractivity contribution is 0.0359. The van der Waals surface area contributed by atoms with Crippen LogP contribution in [0.15, 0.2) is 72.8 Å². The highest BCUT2D eigenvalue weighted by molar-refractivity contribution is 7.17. The number of rotatable bonds is 12. The van der Waals surface area contributed by atoms with Gasteiger partial charge in [0.2, 0.25) is 0 Å². The van der Waals surface area contributed by atoms with Gasteiger partial charge in [-0.25, -0.2) is 9.59 Å². The van der Waals surface area contributed by atoms with E-state index in [4.69, 9.17) is 9.84 Å². The number of ether oxygens (including phenoxy) is 1. The first-order chi connectivity index (χ1) is 24.7. The third-order valence-corrected chi connectivity index (χ3v) is 10.5. The maximum absolute atomic E-state index is 13.8. The first-order valence-corrected chi connectivity index (χ1v) is 18.2. The minimum Gasteiger partial charge on any atom is -0.478 e. The largest absolute Gasteiger partial charge is 0.478 e. The van der Waals surface area contributed by atoms with Crippen molar-refractivity contribution in [3.05, 3.63) is 111 Å². The van der Waals surface area contributed by atoms with E-state index in [1.807, 2.05) is 36.4 Å². The van der Waals surface area contributed by atoms with Gasteiger partial charge in [0.15, 0.2) is 0 Å². The summed E-state index contributed by atoms with van der Waals surface area (Å²) in [5, 5.41) is 18.6. The summed E-state index contributed by atoms with van der Waals surface area (Å²) in [5.74, 6) is -1.57. The van der Waals surface area contributed by atoms with E-state index in [-0.39, 0.29) is 23.4 Å². The van der Waals surface area contributed by atoms with Crippen molar-refractivity contribution in [2.45, 2.75) is 38.5 Å². The number of hydrogen-bond acceptors (Lipinski definition) is 7. The molecule has 0 atom stereocenters. The molecule has 1 aliphatic heterocycles. The molecule has 4 aromatic rings. The highest BCUT2D eigenvalue weighted by Gasteiger charge is 2.27. The Bertz CT molecular complexity index is 1870. The van der Waals surface area contributed by atoms with Crippen LogP contribution in [0.25, 0.3) is 0 Å². The second-order valence-electron chi connectivity index (χ2n) is 12.9. The molecule has 0 bridgehead atoms. The highest BCUT2D eigenvalue weighted by atomic mass is 32.1. The van der Waals surface area contributed by atoms with E-state index < -0.39 is 5.97 Å². The van der Waals surface area contributed by atoms with Crippen molar-refractivity contribution in [1.29, 1.82) is 0 Å². The number of aromatic carboxylic acids is 1. The van der Waals surface area contributed by atoms with Gasteiger partial charge in [-0.15, -0.1) is 11.3 Å². The number of thiophene rings is 1. The van der Waals surface area contributed by atoms with Crippen molar-refractivity contribution in [3.63, 3.8) is 0 Å². The number of benzene rings is 3. The first-order valence-electron chi connectivity index (χ1n) is 17.3. The van der Waals surface area contributed by atoms with E-state index in [1.165, 1.54) is 11.3 Å². The molecule has 0 unspecified atom stereocenters. The smallest absolute Gasteiger partial charge is 0.335 e. The third-order valence-electron chi connectivity index (χ3n) is 9.32. The van der Waals surface area contributed by atoms with Crippen LogP contribution in [0, 0.1) is 0 Å². The van der Waals surface area contributed by atoms with Crippen LogP contribution < -0.4 is 16.0 Å². The number of hydrogen-bond donors (Lipinski definition) is 4. The molecular formula is C39H43N5O6S. The Labute approximate surface area is 301 Å². The summed E-state index contributed by atoms with van der Waals surface area (Å²) in [7, 11) is 1.75. The van der Waals surface area contributed by atoms with Crippen LogP contribution in [-0.2, 0) is 30.4 Å². The summed E-state index contributed by atoms with van der Waals surface area (Å²) in [4.78, 5) is 56.4. The van der Waals surface area contributed by atoms with Gasteiger partial charge in [0, 0.05) is 55.0 Å². The number of morpholine rings is 1. The number of nitrogens with one attached hydrogen (secondary N) is 3. The van der Waals surface area contributed by atoms with Crippen LogP contribution in [0.2, 0.25) is 0 Å². The van der Waals surface area contributed by atoms with E-state index >= 15 is 0 Å². The molecule has 2 aliphatic rings. The van der Waals surface area contributed by atoms with Crippen molar-refractivity contribution in [3.8, 4) is 0 Å². The Kier molecular flexibility index (Phi) is 11.8. The van der Waals surface area contributed by atoms with Gasteiger partial charge in [-0.1, -0.05) is 30.3 Å². The van der Waals surface area contributed by atoms with Crippen LogP contribution in [-0.4, -0.2) is 85.2 Å². The molecule has 1 fully saturated rings. The summed E-state index contributed by atoms with van der Waals surface area (Å²) >= 11 is 1.46. The maximum Gasteiger partial charge on any atom is 0.335 e. The normalized spacial score (nSPS) is 14.3. The highest BCUT2D eigenvalue weighted by Crippen LogP contribution is 2.39. The number of nitrogens with zero attached hydrogens (tertiary/aromatic N) is 2. The van der Waals surface area contributed by atoms with E-state index in [2.05, 4.69) is 20.9 Å². The average Bonchev–Trinajstić information content (AvgIpc) is 3.52. The summed E-state index contributed by atoms with van der Waals surface area (Å²) in [6.45, 7) is 4.45. The Balaban J connectivity index is 1.08. The van der Waals surface area contributed by atoms with E-state index in [9.17, 15) is 19.2 Å². The fourth-order valence-electron chi connectivity index (χ4n) is 6.30. The minimum atomic E-state index is -0.942. The molecular weight excluding hydrogens is 667 g/mol. The summed E-state index contributed by atoms with van der Waals surface area (Å²) in [6, 6.07) is 21.1. The maximum atomic E-state index is 13.8. The number of fused-ring (bicyclic) bond motifs is 1. The van der Waals surface area contributed by atoms with E-state index in [1.54, 1.807) is 48.3 Å². The second-order valence-corrected chi connectivity index (χ2v) is 14.0. The first kappa shape index (κ1) is 35.8. The quantitative estimate of drug-likeness (QED) is 0.133. The molecule has 4 N–H and O–H groups in total. The molecule has 266 valence electrons. The SMILES string of the molecule is CN(CCN1CCOCC1)C(=O)Nc1cccc(C(=O)Nc2sc3c(c2C(=O)Nc2ccc(CCc4ccc(C(=O)O)cc4)cc2)CCCC3)c1. The number of carboxylic acids is 1. The zero-order chi connectivity index (χ0) is 35.7. The molecule has 51 heavy (non-hydrogen) atoms. The Morgan fingerprint density at radius 3 is 2.20 bits per heavy atom. The molecule has 12 heteroatoms. The molecule has 1 aliphatic carbocycles. The molecule has 0 spiro atoms. The van der Waals surface area contributed by atoms with Gasteiger partial charge in [-0.05, 0) is 97.7 Å². The van der Waals surface area contributed by atoms with Crippen molar-refractivity contribution in [2.75, 3.05) is 62.4 Å². The number of likely N-dealkylation sites (N-methyl/N-ethyl adjacent to an activating group) is 1. The van der Waals surface area contributed by atoms with Crippen molar-refractivity contribution >= 4 is 51.5 Å². The standard InChI is InChI=1S/C39H43N5O6S/c1-43(19-20-44-21-23-50-24-22-44)39(49)41-31-6-4-5-29(25-31)35(45)42-37-34(32-7-2-3-8-33(32)51-37)36(46)40-30-17-13-27(14-18-30)10-9-26-11-15-28(16-12-26)38(47)48/h4-6,11-18,25H,2-3,7-10,19-24H2,1H3,(H,40,46)(H,41,49)(H,42,45)(H,47,48). The van der Waals surface area contributed by atoms with Crippen LogP contribution >= 0.6 is 11.3 Å². The van der Waals surface area contributed by atoms with Gasteiger partial charge in [-0.3, -0.25) is 14.5 Å². The predicted octanol–water partition coefficient (Wildman–Crippen LogP) is 6.41. The average molecular weight is 710 g/mol. The monoisotopic (exact) mass is 709 g/mol. The Morgan fingerprint density at radius 1 is 0.804 bits per heavy atom. The third kappa shape index (κ3) is 9.40. The Hall–Kier alpha value is -5.04. The lowest BCUT2D eigenvalue weighted by Gasteiger charge is -2.28. The molecule has 11 nitrogen and oxygen atoms in total. The molecule has 6 rings (SSSR count). The van der Waals surface area contributed by atoms with E-state index in [0.29, 0.717) is 47.3 Å². The number of anilines is 3. The number of carbonyl (C=O) groups is 4. The minimum absolute atomic E-state index is 0.258. The fourth-order valence-corrected chi connectivity index (χ4v) is 7.58. The van der Waals surface area contributed by atoms with Gasteiger partial charge in [-0.2, -0.15) is 0 Å². The van der Waals surface area contributed by atoms with E-state index in [0.717, 1.165) is 79.7 Å². The number of amides is 4. The van der Waals surface area contributed by atoms with Crippen molar-refractivity contribution < 1.29 is 29.0 Å². The van der Waals surface area contributed by atoms with Crippen LogP contribution in [0.3, 0.4) is 0 Å². The van der Waals surface area contributed by atoms with Crippen LogP contribution in [0.5, 0.6) is 0 Å². The molecule has 0 radical (unpaired) electrons. The molecule has 4 amide bonds. The molecule has 1 saturated heterocycles. The molecule has 3 aromatic carbocycles. The number of carbonyl (C=O) groups excluding carboxylic acids is 3. The number of carboxylic acid groups (broad SMARTS) is 1. The van der Waals surface area contributed by atoms with Crippen LogP contribution in [0.4, 0.5) is 21.2 Å². The zero-order valence-electron chi connectivity index (χ0n) is 28.7. The van der Waals surface area contributed by atoms with Crippen LogP contribution in [0.1, 0.15) is 65.5 Å². The molecule has 2 heterocycles. The summed E-state index contributed by atoms with van der Waals surface area (Å²) in [5.41, 5.74) is 5.43. The summed E-state index contributed by atoms with van der Waals surface area (Å²) < 4.78 is 5.40. The molecule has 1 aromatic heterocycles. The van der Waals surface area contributed by atoms with Crippen molar-refractivity contribution in [1.82, 2.24) is 9.80 Å². The predicted molar refractivity (Wildman–Crippen MR) is 199 cm³/mol. The number of urea groups is 1. The Morgan fingerprint density at radius 2 is 1.49 bits per heavy atom. The number of aryl methyl sites for hydroxylation is 3. The fraction of sp³-hybridized carbons (Fsp3) is 0.333. The van der Waals surface area contributed by atoms with Gasteiger partial charge in [0.05, 0.1) is 24.3 Å². The lowest BCUT2D eigenvalue weighted by Crippen LogP contribution is -2.42. The zero-order valence-corrected chi connectivity index (χ0v) is 29.5. The second kappa shape index (κ2) is 16.8. The van der Waals surface area contributed by atoms with Gasteiger partial charge >= 0.3 is 12.0 Å².